The highest BCUT2D eigenvalue weighted by molar-refractivity contribution is 9.10. The SMILES string of the molecule is CCOC(=O)SC(=S)Nc1ccc(Br)c(Cl)c1. The average molecular weight is 355 g/mol. The van der Waals surface area contributed by atoms with Crippen molar-refractivity contribution in [2.24, 2.45) is 0 Å². The Bertz CT molecular complexity index is 442. The van der Waals surface area contributed by atoms with Gasteiger partial charge in [-0.2, -0.15) is 0 Å². The lowest BCUT2D eigenvalue weighted by Crippen LogP contribution is -2.09. The Morgan fingerprint density at radius 2 is 2.35 bits per heavy atom. The molecule has 17 heavy (non-hydrogen) atoms. The van der Waals surface area contributed by atoms with Gasteiger partial charge in [0.05, 0.1) is 11.6 Å². The summed E-state index contributed by atoms with van der Waals surface area (Å²) in [6.45, 7) is 2.07. The van der Waals surface area contributed by atoms with Crippen LogP contribution >= 0.6 is 51.5 Å². The molecule has 3 nitrogen and oxygen atoms in total. The summed E-state index contributed by atoms with van der Waals surface area (Å²) >= 11 is 15.0. The van der Waals surface area contributed by atoms with Crippen LogP contribution in [0.25, 0.3) is 0 Å². The van der Waals surface area contributed by atoms with E-state index in [0.717, 1.165) is 21.9 Å². The van der Waals surface area contributed by atoms with Gasteiger partial charge in [0.1, 0.15) is 4.32 Å². The van der Waals surface area contributed by atoms with Crippen LogP contribution in [0.2, 0.25) is 5.02 Å². The third-order valence-electron chi connectivity index (χ3n) is 1.60. The lowest BCUT2D eigenvalue weighted by atomic mass is 10.3. The number of ether oxygens (including phenoxy) is 1. The molecule has 1 N–H and O–H groups in total. The van der Waals surface area contributed by atoms with E-state index in [1.54, 1.807) is 25.1 Å². The molecule has 1 rings (SSSR count). The smallest absolute Gasteiger partial charge is 0.374 e. The molecule has 92 valence electrons. The Morgan fingerprint density at radius 1 is 1.65 bits per heavy atom. The molecule has 0 saturated carbocycles. The van der Waals surface area contributed by atoms with Gasteiger partial charge in [0, 0.05) is 21.9 Å². The first kappa shape index (κ1) is 14.8. The number of halogens is 2. The molecule has 0 aliphatic rings. The predicted octanol–water partition coefficient (Wildman–Crippen LogP) is 4.69. The van der Waals surface area contributed by atoms with Crippen molar-refractivity contribution in [3.05, 3.63) is 27.7 Å². The first-order valence-corrected chi connectivity index (χ1v) is 7.03. The van der Waals surface area contributed by atoms with Crippen LogP contribution in [0.1, 0.15) is 6.92 Å². The van der Waals surface area contributed by atoms with E-state index >= 15 is 0 Å². The van der Waals surface area contributed by atoms with Gasteiger partial charge in [-0.05, 0) is 41.1 Å². The average Bonchev–Trinajstić information content (AvgIpc) is 2.23. The fourth-order valence-corrected chi connectivity index (χ4v) is 2.19. The molecular weight excluding hydrogens is 346 g/mol. The predicted molar refractivity (Wildman–Crippen MR) is 80.0 cm³/mol. The van der Waals surface area contributed by atoms with Crippen molar-refractivity contribution in [2.45, 2.75) is 6.92 Å². The minimum Gasteiger partial charge on any atom is -0.458 e. The Hall–Kier alpha value is -0.300. The maximum atomic E-state index is 11.1. The van der Waals surface area contributed by atoms with E-state index in [4.69, 9.17) is 28.6 Å². The number of thioether (sulfide) groups is 1. The monoisotopic (exact) mass is 353 g/mol. The van der Waals surface area contributed by atoms with Crippen LogP contribution in [0.5, 0.6) is 0 Å². The standard InChI is InChI=1S/C10H9BrClNO2S2/c1-2-15-10(14)17-9(16)13-6-3-4-7(11)8(12)5-6/h3-5H,2H2,1H3,(H,13,16). The minimum atomic E-state index is -0.423. The highest BCUT2D eigenvalue weighted by atomic mass is 79.9. The molecule has 0 fully saturated rings. The summed E-state index contributed by atoms with van der Waals surface area (Å²) < 4.78 is 5.88. The second kappa shape index (κ2) is 7.20. The molecule has 0 spiro atoms. The summed E-state index contributed by atoms with van der Waals surface area (Å²) in [5.41, 5.74) is 0.722. The summed E-state index contributed by atoms with van der Waals surface area (Å²) in [6.07, 6.45) is 0. The topological polar surface area (TPSA) is 38.3 Å². The van der Waals surface area contributed by atoms with Crippen LogP contribution in [0.4, 0.5) is 10.5 Å². The first-order valence-electron chi connectivity index (χ1n) is 4.63. The van der Waals surface area contributed by atoms with Gasteiger partial charge in [0.15, 0.2) is 0 Å². The Labute approximate surface area is 122 Å². The minimum absolute atomic E-state index is 0.321. The number of thiocarbonyl (C=S) groups is 1. The Balaban J connectivity index is 2.56. The molecule has 0 amide bonds. The lowest BCUT2D eigenvalue weighted by Gasteiger charge is -2.07. The van der Waals surface area contributed by atoms with Crippen molar-refractivity contribution >= 4 is 66.8 Å². The number of hydrogen-bond donors (Lipinski definition) is 1. The molecule has 0 atom stereocenters. The molecule has 0 aliphatic heterocycles. The van der Waals surface area contributed by atoms with Crippen molar-refractivity contribution in [2.75, 3.05) is 11.9 Å². The molecule has 1 aromatic rings. The number of carbonyl (C=O) groups excluding carboxylic acids is 1. The lowest BCUT2D eigenvalue weighted by molar-refractivity contribution is 0.182. The largest absolute Gasteiger partial charge is 0.458 e. The number of carbonyl (C=O) groups is 1. The van der Waals surface area contributed by atoms with Crippen molar-refractivity contribution < 1.29 is 9.53 Å². The van der Waals surface area contributed by atoms with Gasteiger partial charge in [-0.1, -0.05) is 23.8 Å². The van der Waals surface area contributed by atoms with E-state index in [1.807, 2.05) is 0 Å². The summed E-state index contributed by atoms with van der Waals surface area (Å²) in [7, 11) is 0. The molecule has 0 saturated heterocycles. The number of rotatable bonds is 2. The maximum absolute atomic E-state index is 11.1. The molecule has 1 aromatic carbocycles. The van der Waals surface area contributed by atoms with Crippen molar-refractivity contribution in [1.29, 1.82) is 0 Å². The van der Waals surface area contributed by atoms with Gasteiger partial charge >= 0.3 is 5.30 Å². The summed E-state index contributed by atoms with van der Waals surface area (Å²) in [5, 5.41) is 3.03. The molecule has 0 unspecified atom stereocenters. The third-order valence-corrected chi connectivity index (χ3v) is 3.76. The Kier molecular flexibility index (Phi) is 6.26. The van der Waals surface area contributed by atoms with E-state index in [2.05, 4.69) is 21.2 Å². The molecule has 0 radical (unpaired) electrons. The second-order valence-corrected chi connectivity index (χ2v) is 5.70. The van der Waals surface area contributed by atoms with E-state index in [9.17, 15) is 4.79 Å². The van der Waals surface area contributed by atoms with Gasteiger partial charge in [-0.3, -0.25) is 0 Å². The van der Waals surface area contributed by atoms with Crippen molar-refractivity contribution in [3.8, 4) is 0 Å². The summed E-state index contributed by atoms with van der Waals surface area (Å²) in [6, 6.07) is 5.31. The second-order valence-electron chi connectivity index (χ2n) is 2.83. The van der Waals surface area contributed by atoms with Gasteiger partial charge in [0.25, 0.3) is 0 Å². The van der Waals surface area contributed by atoms with Crippen LogP contribution in [0, 0.1) is 0 Å². The fraction of sp³-hybridized carbons (Fsp3) is 0.200. The molecule has 0 heterocycles. The highest BCUT2D eigenvalue weighted by Crippen LogP contribution is 2.26. The van der Waals surface area contributed by atoms with Crippen LogP contribution in [-0.2, 0) is 4.74 Å². The number of hydrogen-bond acceptors (Lipinski definition) is 4. The summed E-state index contributed by atoms with van der Waals surface area (Å²) in [5.74, 6) is 0. The quantitative estimate of drug-likeness (QED) is 0.616. The van der Waals surface area contributed by atoms with Crippen molar-refractivity contribution in [3.63, 3.8) is 0 Å². The van der Waals surface area contributed by atoms with Gasteiger partial charge in [-0.15, -0.1) is 0 Å². The molecule has 0 aliphatic carbocycles. The zero-order valence-electron chi connectivity index (χ0n) is 8.83. The van der Waals surface area contributed by atoms with E-state index in [0.29, 0.717) is 16.0 Å². The molecule has 7 heteroatoms. The van der Waals surface area contributed by atoms with E-state index in [1.165, 1.54) is 0 Å². The molecule has 0 aromatic heterocycles. The zero-order valence-corrected chi connectivity index (χ0v) is 12.8. The van der Waals surface area contributed by atoms with Gasteiger partial charge < -0.3 is 10.1 Å². The van der Waals surface area contributed by atoms with Crippen LogP contribution in [0.3, 0.4) is 0 Å². The van der Waals surface area contributed by atoms with Crippen LogP contribution in [0.15, 0.2) is 22.7 Å². The number of nitrogens with one attached hydrogen (secondary N) is 1. The third kappa shape index (κ3) is 5.25. The maximum Gasteiger partial charge on any atom is 0.374 e. The summed E-state index contributed by atoms with van der Waals surface area (Å²) in [4.78, 5) is 11.1. The van der Waals surface area contributed by atoms with Gasteiger partial charge in [0.2, 0.25) is 0 Å². The van der Waals surface area contributed by atoms with Crippen molar-refractivity contribution in [1.82, 2.24) is 0 Å². The van der Waals surface area contributed by atoms with Crippen LogP contribution in [-0.4, -0.2) is 16.2 Å². The van der Waals surface area contributed by atoms with Crippen LogP contribution < -0.4 is 5.32 Å². The normalized spacial score (nSPS) is 9.82. The number of benzene rings is 1. The molecule has 0 bridgehead atoms. The fourth-order valence-electron chi connectivity index (χ4n) is 0.940. The number of anilines is 1. The Morgan fingerprint density at radius 3 is 2.94 bits per heavy atom. The highest BCUT2D eigenvalue weighted by Gasteiger charge is 2.08. The first-order chi connectivity index (χ1) is 8.02. The molecular formula is C10H9BrClNO2S2. The van der Waals surface area contributed by atoms with E-state index in [-0.39, 0.29) is 0 Å². The van der Waals surface area contributed by atoms with E-state index < -0.39 is 5.30 Å². The zero-order chi connectivity index (χ0) is 12.8. The van der Waals surface area contributed by atoms with Gasteiger partial charge in [-0.25, -0.2) is 4.79 Å².